The van der Waals surface area contributed by atoms with Gasteiger partial charge in [0.2, 0.25) is 5.91 Å². The molecular weight excluding hydrogens is 593 g/mol. The third-order valence-corrected chi connectivity index (χ3v) is 19.6. The lowest BCUT2D eigenvalue weighted by Crippen LogP contribution is -2.63. The minimum Gasteiger partial charge on any atom is -0.457 e. The third-order valence-electron chi connectivity index (χ3n) is 10.5. The van der Waals surface area contributed by atoms with Crippen molar-refractivity contribution >= 4 is 34.6 Å². The van der Waals surface area contributed by atoms with E-state index < -0.39 is 28.7 Å². The summed E-state index contributed by atoms with van der Waals surface area (Å²) in [7, 11) is -4.24. The second-order valence-electron chi connectivity index (χ2n) is 15.6. The number of carbonyl (C=O) groups excluding carboxylic acids is 3. The van der Waals surface area contributed by atoms with Crippen molar-refractivity contribution in [1.29, 1.82) is 0 Å². The van der Waals surface area contributed by atoms with Crippen molar-refractivity contribution in [3.05, 3.63) is 36.6 Å². The summed E-state index contributed by atoms with van der Waals surface area (Å²) < 4.78 is 24.3. The number of esters is 1. The lowest BCUT2D eigenvalue weighted by Gasteiger charge is -2.49. The van der Waals surface area contributed by atoms with Crippen LogP contribution >= 0.6 is 0 Å². The number of likely N-dealkylation sites (tertiary alicyclic amines) is 1. The van der Waals surface area contributed by atoms with E-state index in [0.717, 1.165) is 5.57 Å². The molecule has 0 radical (unpaired) electrons. The average molecular weight is 649 g/mol. The summed E-state index contributed by atoms with van der Waals surface area (Å²) >= 11 is 0. The number of β-lactam (4-membered cyclic amide) rings is 1. The standard InChI is InChI=1S/C33H56N2O7Si2/c1-14-16-39-30(37)28-24(18-26-27(29(36)35(26)28)22(3)42-44(12,13)33(7,8)9)25-20-34(31(38)40-17-15-2)19-23(25)21-41-43(10,11)32(4,5)6/h14-15,22-23,25-27H,1-2,16-21H2,3-13H3/t22-,23?,25?,26-,27-/m1/s1. The van der Waals surface area contributed by atoms with Crippen LogP contribution in [0.4, 0.5) is 4.79 Å². The van der Waals surface area contributed by atoms with Gasteiger partial charge in [-0.1, -0.05) is 66.9 Å². The van der Waals surface area contributed by atoms with Crippen LogP contribution in [0.3, 0.4) is 0 Å². The van der Waals surface area contributed by atoms with Crippen LogP contribution in [-0.4, -0.2) is 89.5 Å². The van der Waals surface area contributed by atoms with Gasteiger partial charge in [0.05, 0.1) is 18.1 Å². The number of amides is 2. The molecule has 9 nitrogen and oxygen atoms in total. The van der Waals surface area contributed by atoms with E-state index in [0.29, 0.717) is 31.8 Å². The summed E-state index contributed by atoms with van der Waals surface area (Å²) in [5, 5.41) is 0.0120. The zero-order chi connectivity index (χ0) is 33.4. The smallest absolute Gasteiger partial charge is 0.410 e. The molecule has 0 aliphatic carbocycles. The van der Waals surface area contributed by atoms with Crippen molar-refractivity contribution in [2.45, 2.75) is 103 Å². The van der Waals surface area contributed by atoms with Crippen molar-refractivity contribution in [2.24, 2.45) is 17.8 Å². The van der Waals surface area contributed by atoms with Gasteiger partial charge in [-0.05, 0) is 55.2 Å². The predicted molar refractivity (Wildman–Crippen MR) is 178 cm³/mol. The Morgan fingerprint density at radius 2 is 1.52 bits per heavy atom. The number of hydrogen-bond donors (Lipinski definition) is 0. The lowest BCUT2D eigenvalue weighted by atomic mass is 9.80. The number of fused-ring (bicyclic) bond motifs is 1. The minimum absolute atomic E-state index is 0.00262. The summed E-state index contributed by atoms with van der Waals surface area (Å²) in [5.74, 6) is -1.29. The van der Waals surface area contributed by atoms with E-state index in [1.54, 1.807) is 15.9 Å². The van der Waals surface area contributed by atoms with Gasteiger partial charge >= 0.3 is 12.1 Å². The van der Waals surface area contributed by atoms with Crippen LogP contribution in [-0.2, 0) is 27.9 Å². The zero-order valence-corrected chi connectivity index (χ0v) is 31.0. The fraction of sp³-hybridized carbons (Fsp3) is 0.727. The molecule has 2 saturated heterocycles. The van der Waals surface area contributed by atoms with E-state index in [1.165, 1.54) is 6.08 Å². The number of carbonyl (C=O) groups is 3. The maximum atomic E-state index is 13.8. The molecule has 44 heavy (non-hydrogen) atoms. The van der Waals surface area contributed by atoms with Crippen LogP contribution in [0.25, 0.3) is 0 Å². The number of ether oxygens (including phenoxy) is 2. The van der Waals surface area contributed by atoms with Gasteiger partial charge in [-0.25, -0.2) is 9.59 Å². The molecule has 0 aromatic rings. The fourth-order valence-electron chi connectivity index (χ4n) is 5.86. The molecule has 0 aromatic heterocycles. The number of hydrogen-bond acceptors (Lipinski definition) is 7. The third kappa shape index (κ3) is 7.26. The highest BCUT2D eigenvalue weighted by Gasteiger charge is 2.60. The molecular formula is C33H56N2O7Si2. The van der Waals surface area contributed by atoms with Crippen molar-refractivity contribution < 1.29 is 32.7 Å². The van der Waals surface area contributed by atoms with Crippen molar-refractivity contribution in [3.63, 3.8) is 0 Å². The molecule has 0 saturated carbocycles. The maximum absolute atomic E-state index is 13.8. The van der Waals surface area contributed by atoms with E-state index >= 15 is 0 Å². The van der Waals surface area contributed by atoms with E-state index in [-0.39, 0.29) is 59.1 Å². The van der Waals surface area contributed by atoms with Crippen molar-refractivity contribution in [2.75, 3.05) is 32.9 Å². The normalized spacial score (nSPS) is 25.0. The summed E-state index contributed by atoms with van der Waals surface area (Å²) in [5.41, 5.74) is 1.16. The van der Waals surface area contributed by atoms with Crippen LogP contribution in [0.5, 0.6) is 0 Å². The Balaban J connectivity index is 1.97. The Morgan fingerprint density at radius 3 is 2.07 bits per heavy atom. The lowest BCUT2D eigenvalue weighted by molar-refractivity contribution is -0.161. The van der Waals surface area contributed by atoms with Gasteiger partial charge in [0.1, 0.15) is 18.9 Å². The minimum atomic E-state index is -2.14. The molecule has 5 atom stereocenters. The van der Waals surface area contributed by atoms with Gasteiger partial charge in [0, 0.05) is 31.5 Å². The van der Waals surface area contributed by atoms with Gasteiger partial charge in [-0.15, -0.1) is 0 Å². The Kier molecular flexibility index (Phi) is 10.9. The Bertz CT molecular complexity index is 1170. The van der Waals surface area contributed by atoms with Gasteiger partial charge in [0.25, 0.3) is 0 Å². The molecule has 2 fully saturated rings. The monoisotopic (exact) mass is 648 g/mol. The molecule has 0 N–H and O–H groups in total. The largest absolute Gasteiger partial charge is 0.457 e. The van der Waals surface area contributed by atoms with Crippen LogP contribution in [0, 0.1) is 17.8 Å². The van der Waals surface area contributed by atoms with Gasteiger partial charge in [-0.3, -0.25) is 4.79 Å². The first kappa shape index (κ1) is 36.3. The van der Waals surface area contributed by atoms with Gasteiger partial charge < -0.3 is 28.1 Å². The number of nitrogens with zero attached hydrogens (tertiary/aromatic N) is 2. The molecule has 3 aliphatic heterocycles. The van der Waals surface area contributed by atoms with E-state index in [4.69, 9.17) is 18.3 Å². The molecule has 0 spiro atoms. The second-order valence-corrected chi connectivity index (χ2v) is 25.1. The topological polar surface area (TPSA) is 94.6 Å². The SMILES string of the molecule is C=CCOC(=O)C1=C(C2CN(C(=O)OCC=C)CC2CO[Si](C)(C)C(C)(C)C)C[C@@H]2[C@@H]([C@@H](C)O[Si](C)(C)C(C)(C)C)C(=O)N12. The van der Waals surface area contributed by atoms with Crippen molar-refractivity contribution in [3.8, 4) is 0 Å². The van der Waals surface area contributed by atoms with Gasteiger partial charge in [0.15, 0.2) is 16.6 Å². The first-order valence-electron chi connectivity index (χ1n) is 15.9. The quantitative estimate of drug-likeness (QED) is 0.103. The summed E-state index contributed by atoms with van der Waals surface area (Å²) in [6.07, 6.45) is 2.87. The van der Waals surface area contributed by atoms with E-state index in [9.17, 15) is 14.4 Å². The molecule has 11 heteroatoms. The summed E-state index contributed by atoms with van der Waals surface area (Å²) in [6.45, 7) is 32.6. The summed E-state index contributed by atoms with van der Waals surface area (Å²) in [4.78, 5) is 43.7. The van der Waals surface area contributed by atoms with Crippen LogP contribution in [0.2, 0.25) is 36.3 Å². The molecule has 0 aromatic carbocycles. The highest BCUT2D eigenvalue weighted by atomic mass is 28.4. The van der Waals surface area contributed by atoms with Crippen LogP contribution < -0.4 is 0 Å². The fourth-order valence-corrected chi connectivity index (χ4v) is 8.36. The first-order valence-corrected chi connectivity index (χ1v) is 21.7. The van der Waals surface area contributed by atoms with E-state index in [2.05, 4.69) is 80.9 Å². The molecule has 3 aliphatic rings. The Labute approximate surface area is 267 Å². The molecule has 248 valence electrons. The zero-order valence-electron chi connectivity index (χ0n) is 29.0. The summed E-state index contributed by atoms with van der Waals surface area (Å²) in [6, 6.07) is -0.202. The van der Waals surface area contributed by atoms with Crippen LogP contribution in [0.1, 0.15) is 54.9 Å². The number of rotatable bonds is 12. The predicted octanol–water partition coefficient (Wildman–Crippen LogP) is 6.50. The van der Waals surface area contributed by atoms with Crippen molar-refractivity contribution in [1.82, 2.24) is 9.80 Å². The highest BCUT2D eigenvalue weighted by Crippen LogP contribution is 2.50. The maximum Gasteiger partial charge on any atom is 0.410 e. The van der Waals surface area contributed by atoms with Gasteiger partial charge in [-0.2, -0.15) is 0 Å². The first-order chi connectivity index (χ1) is 20.2. The highest BCUT2D eigenvalue weighted by molar-refractivity contribution is 6.74. The molecule has 3 rings (SSSR count). The molecule has 2 unspecified atom stereocenters. The second kappa shape index (κ2) is 13.3. The molecule has 3 heterocycles. The Morgan fingerprint density at radius 1 is 0.955 bits per heavy atom. The molecule has 2 amide bonds. The van der Waals surface area contributed by atoms with Crippen LogP contribution in [0.15, 0.2) is 36.6 Å². The Hall–Kier alpha value is -2.22. The van der Waals surface area contributed by atoms with E-state index in [1.807, 2.05) is 6.92 Å². The average Bonchev–Trinajstić information content (AvgIpc) is 3.47. The molecule has 0 bridgehead atoms.